The molecule has 8 heteroatoms. The Morgan fingerprint density at radius 2 is 2.29 bits per heavy atom. The van der Waals surface area contributed by atoms with Gasteiger partial charge in [0.25, 0.3) is 0 Å². The number of amides is 1. The molecule has 1 aromatic rings. The smallest absolute Gasteiger partial charge is 0.222 e. The van der Waals surface area contributed by atoms with Gasteiger partial charge in [-0.05, 0) is 26.7 Å². The lowest BCUT2D eigenvalue weighted by Gasteiger charge is -2.15. The molecule has 0 bridgehead atoms. The summed E-state index contributed by atoms with van der Waals surface area (Å²) in [5, 5.41) is 9.80. The first-order chi connectivity index (χ1) is 11.2. The Kier molecular flexibility index (Phi) is 10.2. The molecular weight excluding hydrogens is 437 g/mol. The molecule has 0 spiro atoms. The molecule has 1 aromatic heterocycles. The lowest BCUT2D eigenvalue weighted by Crippen LogP contribution is -2.38. The Hall–Kier alpha value is -0.900. The van der Waals surface area contributed by atoms with Gasteiger partial charge in [-0.25, -0.2) is 4.98 Å². The molecule has 0 aliphatic carbocycles. The molecule has 1 fully saturated rings. The molecule has 1 aliphatic heterocycles. The zero-order chi connectivity index (χ0) is 16.5. The highest BCUT2D eigenvalue weighted by Crippen LogP contribution is 2.09. The van der Waals surface area contributed by atoms with Crippen LogP contribution in [0.25, 0.3) is 0 Å². The second-order valence-electron chi connectivity index (χ2n) is 5.63. The van der Waals surface area contributed by atoms with E-state index in [2.05, 4.69) is 32.9 Å². The van der Waals surface area contributed by atoms with Crippen molar-refractivity contribution in [3.05, 3.63) is 16.1 Å². The number of aryl methyl sites for hydroxylation is 1. The fourth-order valence-corrected chi connectivity index (χ4v) is 3.21. The van der Waals surface area contributed by atoms with Crippen LogP contribution < -0.4 is 10.6 Å². The van der Waals surface area contributed by atoms with E-state index in [9.17, 15) is 4.79 Å². The quantitative estimate of drug-likeness (QED) is 0.267. The molecule has 1 saturated heterocycles. The van der Waals surface area contributed by atoms with Crippen LogP contribution in [0.1, 0.15) is 36.9 Å². The van der Waals surface area contributed by atoms with E-state index in [1.165, 1.54) is 0 Å². The van der Waals surface area contributed by atoms with Crippen molar-refractivity contribution in [2.45, 2.75) is 39.5 Å². The van der Waals surface area contributed by atoms with Crippen LogP contribution in [0.3, 0.4) is 0 Å². The van der Waals surface area contributed by atoms with E-state index in [-0.39, 0.29) is 29.9 Å². The van der Waals surface area contributed by atoms with Crippen LogP contribution in [-0.4, -0.2) is 54.5 Å². The minimum absolute atomic E-state index is 0. The SMILES string of the molecule is CCNC(=NCCCN1CCCC1=O)NCCc1csc(C)n1.I. The van der Waals surface area contributed by atoms with Crippen molar-refractivity contribution in [2.75, 3.05) is 32.7 Å². The fourth-order valence-electron chi connectivity index (χ4n) is 2.57. The van der Waals surface area contributed by atoms with E-state index >= 15 is 0 Å². The van der Waals surface area contributed by atoms with Gasteiger partial charge in [-0.3, -0.25) is 9.79 Å². The summed E-state index contributed by atoms with van der Waals surface area (Å²) < 4.78 is 0. The minimum Gasteiger partial charge on any atom is -0.357 e. The third-order valence-electron chi connectivity index (χ3n) is 3.71. The van der Waals surface area contributed by atoms with Crippen LogP contribution in [0.4, 0.5) is 0 Å². The number of aromatic nitrogens is 1. The van der Waals surface area contributed by atoms with Crippen molar-refractivity contribution in [3.63, 3.8) is 0 Å². The lowest BCUT2D eigenvalue weighted by molar-refractivity contribution is -0.127. The molecule has 1 amide bonds. The van der Waals surface area contributed by atoms with Gasteiger partial charge in [-0.2, -0.15) is 0 Å². The number of aliphatic imine (C=N–C) groups is 1. The van der Waals surface area contributed by atoms with Gasteiger partial charge in [0.1, 0.15) is 0 Å². The van der Waals surface area contributed by atoms with Crippen molar-refractivity contribution < 1.29 is 4.79 Å². The Morgan fingerprint density at radius 1 is 1.46 bits per heavy atom. The van der Waals surface area contributed by atoms with Crippen LogP contribution in [0.2, 0.25) is 0 Å². The number of carbonyl (C=O) groups is 1. The maximum absolute atomic E-state index is 11.5. The van der Waals surface area contributed by atoms with Gasteiger partial charge < -0.3 is 15.5 Å². The molecule has 136 valence electrons. The first-order valence-corrected chi connectivity index (χ1v) is 9.28. The number of likely N-dealkylation sites (tertiary alicyclic amines) is 1. The average Bonchev–Trinajstić information content (AvgIpc) is 3.12. The van der Waals surface area contributed by atoms with Gasteiger partial charge in [0.05, 0.1) is 10.7 Å². The lowest BCUT2D eigenvalue weighted by atomic mass is 10.3. The summed E-state index contributed by atoms with van der Waals surface area (Å²) in [4.78, 5) is 22.5. The predicted molar refractivity (Wildman–Crippen MR) is 110 cm³/mol. The van der Waals surface area contributed by atoms with Crippen molar-refractivity contribution in [1.82, 2.24) is 20.5 Å². The van der Waals surface area contributed by atoms with E-state index in [0.29, 0.717) is 6.42 Å². The van der Waals surface area contributed by atoms with E-state index in [4.69, 9.17) is 0 Å². The molecule has 6 nitrogen and oxygen atoms in total. The van der Waals surface area contributed by atoms with Crippen LogP contribution in [0.15, 0.2) is 10.4 Å². The molecule has 24 heavy (non-hydrogen) atoms. The Balaban J connectivity index is 0.00000288. The van der Waals surface area contributed by atoms with E-state index < -0.39 is 0 Å². The van der Waals surface area contributed by atoms with Gasteiger partial charge >= 0.3 is 0 Å². The molecule has 2 heterocycles. The Bertz CT molecular complexity index is 534. The predicted octanol–water partition coefficient (Wildman–Crippen LogP) is 2.18. The summed E-state index contributed by atoms with van der Waals surface area (Å²) in [7, 11) is 0. The highest BCUT2D eigenvalue weighted by atomic mass is 127. The van der Waals surface area contributed by atoms with Crippen LogP contribution in [0, 0.1) is 6.92 Å². The van der Waals surface area contributed by atoms with E-state index in [0.717, 1.165) is 68.6 Å². The number of hydrogen-bond acceptors (Lipinski definition) is 4. The second kappa shape index (κ2) is 11.6. The molecule has 0 atom stereocenters. The molecule has 0 saturated carbocycles. The molecular formula is C16H28IN5OS. The number of nitrogens with one attached hydrogen (secondary N) is 2. The summed E-state index contributed by atoms with van der Waals surface area (Å²) >= 11 is 1.69. The van der Waals surface area contributed by atoms with Gasteiger partial charge in [-0.15, -0.1) is 35.3 Å². The highest BCUT2D eigenvalue weighted by Gasteiger charge is 2.18. The Labute approximate surface area is 165 Å². The highest BCUT2D eigenvalue weighted by molar-refractivity contribution is 14.0. The standard InChI is InChI=1S/C16H27N5OS.HI/c1-3-17-16(19-9-7-14-12-23-13(2)20-14)18-8-5-11-21-10-4-6-15(21)22;/h12H,3-11H2,1-2H3,(H2,17,18,19);1H. The van der Waals surface area contributed by atoms with Crippen molar-refractivity contribution >= 4 is 47.2 Å². The summed E-state index contributed by atoms with van der Waals surface area (Å²) in [6.45, 7) is 8.21. The van der Waals surface area contributed by atoms with Gasteiger partial charge in [0.15, 0.2) is 5.96 Å². The molecule has 2 N–H and O–H groups in total. The zero-order valence-electron chi connectivity index (χ0n) is 14.5. The van der Waals surface area contributed by atoms with Crippen LogP contribution >= 0.6 is 35.3 Å². The average molecular weight is 465 g/mol. The maximum Gasteiger partial charge on any atom is 0.222 e. The van der Waals surface area contributed by atoms with Gasteiger partial charge in [0, 0.05) is 50.9 Å². The number of carbonyl (C=O) groups excluding carboxylic acids is 1. The summed E-state index contributed by atoms with van der Waals surface area (Å²) in [6, 6.07) is 0. The number of hydrogen-bond donors (Lipinski definition) is 2. The number of guanidine groups is 1. The topological polar surface area (TPSA) is 69.6 Å². The molecule has 2 rings (SSSR count). The number of thiazole rings is 1. The fraction of sp³-hybridized carbons (Fsp3) is 0.688. The van der Waals surface area contributed by atoms with Crippen LogP contribution in [-0.2, 0) is 11.2 Å². The molecule has 1 aliphatic rings. The van der Waals surface area contributed by atoms with Gasteiger partial charge in [-0.1, -0.05) is 0 Å². The normalized spacial score (nSPS) is 14.7. The third kappa shape index (κ3) is 7.33. The van der Waals surface area contributed by atoms with E-state index in [1.54, 1.807) is 11.3 Å². The first kappa shape index (κ1) is 21.1. The Morgan fingerprint density at radius 3 is 2.92 bits per heavy atom. The molecule has 0 unspecified atom stereocenters. The second-order valence-corrected chi connectivity index (χ2v) is 6.70. The molecule has 0 aromatic carbocycles. The molecule has 0 radical (unpaired) electrons. The number of rotatable bonds is 8. The summed E-state index contributed by atoms with van der Waals surface area (Å²) in [6.07, 6.45) is 3.52. The summed E-state index contributed by atoms with van der Waals surface area (Å²) in [5.41, 5.74) is 1.13. The summed E-state index contributed by atoms with van der Waals surface area (Å²) in [5.74, 6) is 1.13. The minimum atomic E-state index is 0. The maximum atomic E-state index is 11.5. The largest absolute Gasteiger partial charge is 0.357 e. The van der Waals surface area contributed by atoms with Crippen molar-refractivity contribution in [1.29, 1.82) is 0 Å². The van der Waals surface area contributed by atoms with Crippen molar-refractivity contribution in [2.24, 2.45) is 4.99 Å². The number of halogens is 1. The number of nitrogens with zero attached hydrogens (tertiary/aromatic N) is 3. The third-order valence-corrected chi connectivity index (χ3v) is 4.53. The zero-order valence-corrected chi connectivity index (χ0v) is 17.7. The monoisotopic (exact) mass is 465 g/mol. The first-order valence-electron chi connectivity index (χ1n) is 8.40. The van der Waals surface area contributed by atoms with Crippen LogP contribution in [0.5, 0.6) is 0 Å². The van der Waals surface area contributed by atoms with Crippen molar-refractivity contribution in [3.8, 4) is 0 Å². The van der Waals surface area contributed by atoms with E-state index in [1.807, 2.05) is 11.8 Å². The van der Waals surface area contributed by atoms with Gasteiger partial charge in [0.2, 0.25) is 5.91 Å².